The molecular weight excluding hydrogens is 188 g/mol. The normalized spacial score (nSPS) is 17.0. The number of allylic oxidation sites excluding steroid dienone is 1. The van der Waals surface area contributed by atoms with Crippen LogP contribution in [0, 0.1) is 0 Å². The van der Waals surface area contributed by atoms with Gasteiger partial charge in [0.2, 0.25) is 0 Å². The Morgan fingerprint density at radius 3 is 3.00 bits per heavy atom. The van der Waals surface area contributed by atoms with Crippen LogP contribution < -0.4 is 0 Å². The van der Waals surface area contributed by atoms with Gasteiger partial charge in [-0.3, -0.25) is 4.79 Å². The van der Waals surface area contributed by atoms with Gasteiger partial charge in [0, 0.05) is 11.3 Å². The zero-order chi connectivity index (χ0) is 7.40. The van der Waals surface area contributed by atoms with E-state index in [0.29, 0.717) is 6.42 Å². The summed E-state index contributed by atoms with van der Waals surface area (Å²) < 4.78 is 0. The van der Waals surface area contributed by atoms with E-state index in [1.165, 1.54) is 4.91 Å². The van der Waals surface area contributed by atoms with Crippen molar-refractivity contribution in [2.24, 2.45) is 0 Å². The van der Waals surface area contributed by atoms with Gasteiger partial charge in [-0.2, -0.15) is 0 Å². The smallest absolute Gasteiger partial charge is 0.303 e. The number of carbonyl (C=O) groups is 1. The van der Waals surface area contributed by atoms with Gasteiger partial charge in [0.25, 0.3) is 0 Å². The van der Waals surface area contributed by atoms with E-state index >= 15 is 0 Å². The highest BCUT2D eigenvalue weighted by molar-refractivity contribution is 9.11. The van der Waals surface area contributed by atoms with Crippen molar-refractivity contribution in [2.45, 2.75) is 12.8 Å². The molecule has 0 atom stereocenters. The molecule has 1 aliphatic heterocycles. The summed E-state index contributed by atoms with van der Waals surface area (Å²) in [4.78, 5) is 11.3. The van der Waals surface area contributed by atoms with Gasteiger partial charge < -0.3 is 5.11 Å². The van der Waals surface area contributed by atoms with Gasteiger partial charge in [0.15, 0.2) is 0 Å². The molecule has 0 fully saturated rings. The second-order valence-electron chi connectivity index (χ2n) is 1.73. The van der Waals surface area contributed by atoms with Gasteiger partial charge in [0.05, 0.1) is 0 Å². The SMILES string of the molecule is O=C(O)CCC1=CSSS1. The van der Waals surface area contributed by atoms with E-state index < -0.39 is 5.97 Å². The largest absolute Gasteiger partial charge is 0.481 e. The lowest BCUT2D eigenvalue weighted by molar-refractivity contribution is -0.136. The minimum atomic E-state index is -0.719. The summed E-state index contributed by atoms with van der Waals surface area (Å²) in [6.07, 6.45) is 0.931. The molecule has 0 aromatic heterocycles. The second kappa shape index (κ2) is 4.20. The van der Waals surface area contributed by atoms with Crippen molar-refractivity contribution in [1.82, 2.24) is 0 Å². The molecule has 1 rings (SSSR count). The molecule has 0 saturated carbocycles. The van der Waals surface area contributed by atoms with E-state index in [4.69, 9.17) is 5.11 Å². The van der Waals surface area contributed by atoms with Crippen molar-refractivity contribution < 1.29 is 9.90 Å². The van der Waals surface area contributed by atoms with E-state index in [1.54, 1.807) is 31.4 Å². The molecule has 0 amide bonds. The molecule has 0 aromatic carbocycles. The summed E-state index contributed by atoms with van der Waals surface area (Å²) in [7, 11) is 5.00. The highest BCUT2D eigenvalue weighted by Crippen LogP contribution is 2.49. The maximum absolute atomic E-state index is 10.1. The van der Waals surface area contributed by atoms with Crippen molar-refractivity contribution >= 4 is 37.4 Å². The summed E-state index contributed by atoms with van der Waals surface area (Å²) in [6.45, 7) is 0. The van der Waals surface area contributed by atoms with E-state index in [1.807, 2.05) is 5.41 Å². The van der Waals surface area contributed by atoms with Crippen LogP contribution in [0.5, 0.6) is 0 Å². The summed E-state index contributed by atoms with van der Waals surface area (Å²) in [6, 6.07) is 0. The number of hydrogen-bond acceptors (Lipinski definition) is 4. The van der Waals surface area contributed by atoms with Gasteiger partial charge in [-0.1, -0.05) is 10.8 Å². The van der Waals surface area contributed by atoms with E-state index in [2.05, 4.69) is 0 Å². The summed E-state index contributed by atoms with van der Waals surface area (Å²) in [5, 5.41) is 10.3. The molecule has 0 spiro atoms. The predicted molar refractivity (Wildman–Crippen MR) is 47.7 cm³/mol. The fourth-order valence-corrected chi connectivity index (χ4v) is 4.49. The highest BCUT2D eigenvalue weighted by Gasteiger charge is 2.08. The fourth-order valence-electron chi connectivity index (χ4n) is 0.487. The quantitative estimate of drug-likeness (QED) is 0.699. The Kier molecular flexibility index (Phi) is 3.51. The molecule has 56 valence electrons. The van der Waals surface area contributed by atoms with Gasteiger partial charge >= 0.3 is 5.97 Å². The lowest BCUT2D eigenvalue weighted by Gasteiger charge is -1.93. The molecule has 0 aliphatic carbocycles. The summed E-state index contributed by atoms with van der Waals surface area (Å²) >= 11 is 0. The third kappa shape index (κ3) is 2.90. The highest BCUT2D eigenvalue weighted by atomic mass is 33.5. The van der Waals surface area contributed by atoms with Crippen molar-refractivity contribution in [2.75, 3.05) is 0 Å². The first kappa shape index (κ1) is 8.36. The first-order chi connectivity index (χ1) is 4.79. The Bertz CT molecular complexity index is 166. The molecule has 0 aromatic rings. The van der Waals surface area contributed by atoms with Gasteiger partial charge in [0.1, 0.15) is 0 Å². The first-order valence-corrected chi connectivity index (χ1v) is 6.24. The number of carboxylic acids is 1. The molecule has 2 nitrogen and oxygen atoms in total. The van der Waals surface area contributed by atoms with Crippen molar-refractivity contribution in [3.8, 4) is 0 Å². The minimum absolute atomic E-state index is 0.250. The van der Waals surface area contributed by atoms with E-state index in [9.17, 15) is 4.79 Å². The average molecular weight is 194 g/mol. The molecule has 10 heavy (non-hydrogen) atoms. The molecule has 0 unspecified atom stereocenters. The molecule has 0 radical (unpaired) electrons. The molecule has 1 N–H and O–H groups in total. The molecule has 1 aliphatic rings. The summed E-state index contributed by atoms with van der Waals surface area (Å²) in [5.41, 5.74) is 0. The maximum Gasteiger partial charge on any atom is 0.303 e. The molecule has 0 bridgehead atoms. The van der Waals surface area contributed by atoms with Crippen LogP contribution in [0.15, 0.2) is 10.3 Å². The van der Waals surface area contributed by atoms with Crippen molar-refractivity contribution in [1.29, 1.82) is 0 Å². The summed E-state index contributed by atoms with van der Waals surface area (Å²) in [5.74, 6) is -0.719. The maximum atomic E-state index is 10.1. The number of hydrogen-bond donors (Lipinski definition) is 1. The predicted octanol–water partition coefficient (Wildman–Crippen LogP) is 2.74. The first-order valence-electron chi connectivity index (χ1n) is 2.70. The van der Waals surface area contributed by atoms with Crippen LogP contribution in [0.2, 0.25) is 0 Å². The van der Waals surface area contributed by atoms with Crippen LogP contribution in [-0.4, -0.2) is 11.1 Å². The molecular formula is C5H6O2S3. The second-order valence-corrected chi connectivity index (χ2v) is 5.69. The van der Waals surface area contributed by atoms with E-state index in [0.717, 1.165) is 0 Å². The zero-order valence-electron chi connectivity index (χ0n) is 5.07. The van der Waals surface area contributed by atoms with Crippen LogP contribution >= 0.6 is 31.4 Å². The Morgan fingerprint density at radius 2 is 2.50 bits per heavy atom. The van der Waals surface area contributed by atoms with Crippen LogP contribution in [0.4, 0.5) is 0 Å². The van der Waals surface area contributed by atoms with Crippen molar-refractivity contribution in [3.63, 3.8) is 0 Å². The minimum Gasteiger partial charge on any atom is -0.481 e. The monoisotopic (exact) mass is 194 g/mol. The van der Waals surface area contributed by atoms with Crippen molar-refractivity contribution in [3.05, 3.63) is 10.3 Å². The standard InChI is InChI=1S/C5H6O2S3/c6-5(7)2-1-4-3-8-10-9-4/h3H,1-2H2,(H,6,7). The number of rotatable bonds is 3. The average Bonchev–Trinajstić information content (AvgIpc) is 2.34. The number of aliphatic carboxylic acids is 1. The number of carboxylic acid groups (broad SMARTS) is 1. The third-order valence-electron chi connectivity index (χ3n) is 0.945. The van der Waals surface area contributed by atoms with Gasteiger partial charge in [-0.05, 0) is 32.4 Å². The Balaban J connectivity index is 2.19. The lowest BCUT2D eigenvalue weighted by atomic mass is 10.3. The van der Waals surface area contributed by atoms with Crippen LogP contribution in [0.3, 0.4) is 0 Å². The molecule has 1 heterocycles. The Morgan fingerprint density at radius 1 is 1.70 bits per heavy atom. The Hall–Kier alpha value is 0.260. The lowest BCUT2D eigenvalue weighted by Crippen LogP contribution is -1.93. The van der Waals surface area contributed by atoms with Gasteiger partial charge in [-0.15, -0.1) is 0 Å². The van der Waals surface area contributed by atoms with Crippen LogP contribution in [-0.2, 0) is 4.79 Å². The molecule has 5 heteroatoms. The molecule has 0 saturated heterocycles. The topological polar surface area (TPSA) is 37.3 Å². The third-order valence-corrected chi connectivity index (χ3v) is 4.85. The Labute approximate surface area is 70.6 Å². The van der Waals surface area contributed by atoms with Crippen LogP contribution in [0.25, 0.3) is 0 Å². The zero-order valence-corrected chi connectivity index (χ0v) is 7.52. The van der Waals surface area contributed by atoms with Gasteiger partial charge in [-0.25, -0.2) is 0 Å². The van der Waals surface area contributed by atoms with E-state index in [-0.39, 0.29) is 6.42 Å². The fraction of sp³-hybridized carbons (Fsp3) is 0.400. The van der Waals surface area contributed by atoms with Crippen LogP contribution in [0.1, 0.15) is 12.8 Å².